The molecule has 2 aliphatic carbocycles. The molecule has 2 aliphatic heterocycles. The fourth-order valence-electron chi connectivity index (χ4n) is 10.9. The molecule has 2 bridgehead atoms. The van der Waals surface area contributed by atoms with Gasteiger partial charge in [-0.2, -0.15) is 0 Å². The first-order valence-corrected chi connectivity index (χ1v) is 23.1. The first kappa shape index (κ1) is 43.1. The Morgan fingerprint density at radius 1 is 0.719 bits per heavy atom. The number of fused-ring (bicyclic) bond motifs is 6. The van der Waals surface area contributed by atoms with Crippen LogP contribution in [0.5, 0.6) is 0 Å². The standard InChI is InChI=1S/C50H60N8O6/c1-7-28(4)44(56-50(62)64-6)48(60)58-23-9-11-40(58)46-52-36-21-18-31(25-37(36)53-46)35-20-19-34(41-32-16-17-33(24-32)42(35)41)29-12-14-30(15-13-29)38-26-51-45(54-38)39-10-8-22-57(39)47(59)43(27(2)3)55-49(61)63-5/h12-15,18-21,25-28,32-33,39-40,43-44H,7-11,16-17,22-24H2,1-6H3,(H,51,54)(H,52,53)(H,55,61)(H,56,62)/t28?,32?,33?,39?,40-,43-,44-/m0/s1. The number of likely N-dealkylation sites (tertiary alicyclic amines) is 2. The van der Waals surface area contributed by atoms with Gasteiger partial charge >= 0.3 is 12.2 Å². The van der Waals surface area contributed by atoms with Crippen LogP contribution in [0.2, 0.25) is 0 Å². The Morgan fingerprint density at radius 2 is 1.28 bits per heavy atom. The number of carbonyl (C=O) groups is 4. The minimum Gasteiger partial charge on any atom is -0.453 e. The minimum atomic E-state index is -0.685. The number of benzene rings is 3. The number of methoxy groups -OCH3 is 2. The third-order valence-electron chi connectivity index (χ3n) is 14.5. The number of nitrogens with zero attached hydrogens (tertiary/aromatic N) is 4. The molecule has 14 nitrogen and oxygen atoms in total. The van der Waals surface area contributed by atoms with Crippen molar-refractivity contribution in [1.29, 1.82) is 0 Å². The summed E-state index contributed by atoms with van der Waals surface area (Å²) < 4.78 is 9.66. The topological polar surface area (TPSA) is 175 Å². The van der Waals surface area contributed by atoms with Crippen molar-refractivity contribution in [1.82, 2.24) is 40.4 Å². The van der Waals surface area contributed by atoms with Crippen molar-refractivity contribution in [3.63, 3.8) is 0 Å². The monoisotopic (exact) mass is 868 g/mol. The zero-order chi connectivity index (χ0) is 44.8. The van der Waals surface area contributed by atoms with Crippen LogP contribution in [0, 0.1) is 11.8 Å². The first-order chi connectivity index (χ1) is 31.0. The van der Waals surface area contributed by atoms with Crippen LogP contribution in [0.1, 0.15) is 126 Å². The van der Waals surface area contributed by atoms with Crippen LogP contribution in [0.3, 0.4) is 0 Å². The van der Waals surface area contributed by atoms with Gasteiger partial charge < -0.3 is 39.9 Å². The second-order valence-electron chi connectivity index (χ2n) is 18.5. The largest absolute Gasteiger partial charge is 0.453 e. The number of H-pyrrole nitrogens is 2. The van der Waals surface area contributed by atoms with Gasteiger partial charge in [-0.25, -0.2) is 19.6 Å². The number of hydrogen-bond acceptors (Lipinski definition) is 8. The number of hydrogen-bond donors (Lipinski definition) is 4. The SMILES string of the molecule is CCC(C)[C@H](NC(=O)OC)C(=O)N1CCC[C@H]1c1nc2ccc(-c3ccc(-c4ccc(-c5cnc(C6CCCN6C(=O)[C@@H](NC(=O)OC)C(C)C)[nH]5)cc4)c4c3C3CCC4C3)cc2[nH]1. The Bertz CT molecular complexity index is 2560. The van der Waals surface area contributed by atoms with Crippen LogP contribution < -0.4 is 10.6 Å². The molecule has 3 aromatic carbocycles. The molecular formula is C50H60N8O6. The Labute approximate surface area is 374 Å². The van der Waals surface area contributed by atoms with Gasteiger partial charge in [0.2, 0.25) is 11.8 Å². The summed E-state index contributed by atoms with van der Waals surface area (Å²) in [4.78, 5) is 72.5. The van der Waals surface area contributed by atoms with Crippen molar-refractivity contribution < 1.29 is 28.7 Å². The zero-order valence-corrected chi connectivity index (χ0v) is 37.7. The van der Waals surface area contributed by atoms with Gasteiger partial charge in [0.15, 0.2) is 0 Å². The second kappa shape index (κ2) is 17.8. The van der Waals surface area contributed by atoms with E-state index in [1.807, 2.05) is 43.7 Å². The normalized spacial score (nSPS) is 21.5. The molecule has 9 rings (SSSR count). The van der Waals surface area contributed by atoms with Crippen LogP contribution in [0.4, 0.5) is 9.59 Å². The molecule has 7 atom stereocenters. The molecule has 0 spiro atoms. The summed E-state index contributed by atoms with van der Waals surface area (Å²) in [6.45, 7) is 9.04. The lowest BCUT2D eigenvalue weighted by Gasteiger charge is -2.30. The van der Waals surface area contributed by atoms with E-state index >= 15 is 0 Å². The smallest absolute Gasteiger partial charge is 0.407 e. The number of carbonyl (C=O) groups excluding carboxylic acids is 4. The van der Waals surface area contributed by atoms with Gasteiger partial charge in [-0.05, 0) is 120 Å². The summed E-state index contributed by atoms with van der Waals surface area (Å²) in [5.41, 5.74) is 11.6. The molecule has 4 aliphatic rings. The summed E-state index contributed by atoms with van der Waals surface area (Å²) in [5.74, 6) is 2.18. The highest BCUT2D eigenvalue weighted by atomic mass is 16.5. The summed E-state index contributed by atoms with van der Waals surface area (Å²) in [6, 6.07) is 18.0. The Kier molecular flexibility index (Phi) is 12.0. The van der Waals surface area contributed by atoms with E-state index in [0.717, 1.165) is 71.6 Å². The fraction of sp³-hybridized carbons (Fsp3) is 0.480. The van der Waals surface area contributed by atoms with Crippen LogP contribution in [0.25, 0.3) is 44.5 Å². The number of ether oxygens (including phenoxy) is 2. The molecule has 2 saturated heterocycles. The molecule has 4 amide bonds. The summed E-state index contributed by atoms with van der Waals surface area (Å²) in [6.07, 6.45) is 8.25. The van der Waals surface area contributed by atoms with Crippen LogP contribution >= 0.6 is 0 Å². The van der Waals surface area contributed by atoms with Gasteiger partial charge in [0.05, 0.1) is 49.2 Å². The Balaban J connectivity index is 0.948. The zero-order valence-electron chi connectivity index (χ0n) is 37.7. The molecule has 3 fully saturated rings. The number of nitrogens with one attached hydrogen (secondary N) is 4. The fourth-order valence-corrected chi connectivity index (χ4v) is 10.9. The number of aromatic amines is 2. The lowest BCUT2D eigenvalue weighted by Crippen LogP contribution is -2.51. The van der Waals surface area contributed by atoms with E-state index in [-0.39, 0.29) is 35.7 Å². The van der Waals surface area contributed by atoms with Crippen molar-refractivity contribution in [3.05, 3.63) is 83.6 Å². The molecule has 5 aromatic rings. The second-order valence-corrected chi connectivity index (χ2v) is 18.5. The number of amides is 4. The maximum atomic E-state index is 13.9. The minimum absolute atomic E-state index is 0.0529. The molecular weight excluding hydrogens is 809 g/mol. The average Bonchev–Trinajstić information content (AvgIpc) is 4.18. The van der Waals surface area contributed by atoms with Gasteiger partial charge in [0.1, 0.15) is 23.7 Å². The number of imidazole rings is 2. The molecule has 4 heterocycles. The van der Waals surface area contributed by atoms with Crippen molar-refractivity contribution in [2.24, 2.45) is 11.8 Å². The Hall–Kier alpha value is -6.18. The summed E-state index contributed by atoms with van der Waals surface area (Å²) in [5, 5.41) is 5.51. The summed E-state index contributed by atoms with van der Waals surface area (Å²) >= 11 is 0. The number of aromatic nitrogens is 4. The lowest BCUT2D eigenvalue weighted by atomic mass is 9.81. The van der Waals surface area contributed by atoms with E-state index in [4.69, 9.17) is 19.4 Å². The van der Waals surface area contributed by atoms with Crippen molar-refractivity contribution in [3.8, 4) is 33.5 Å². The van der Waals surface area contributed by atoms with Gasteiger partial charge in [-0.3, -0.25) is 9.59 Å². The van der Waals surface area contributed by atoms with E-state index < -0.39 is 24.3 Å². The predicted molar refractivity (Wildman–Crippen MR) is 244 cm³/mol. The van der Waals surface area contributed by atoms with Crippen molar-refractivity contribution >= 4 is 35.0 Å². The molecule has 0 radical (unpaired) electrons. The molecule has 64 heavy (non-hydrogen) atoms. The van der Waals surface area contributed by atoms with E-state index in [9.17, 15) is 19.2 Å². The molecule has 4 unspecified atom stereocenters. The number of alkyl carbamates (subject to hydrolysis) is 2. The van der Waals surface area contributed by atoms with E-state index in [2.05, 4.69) is 75.2 Å². The van der Waals surface area contributed by atoms with Gasteiger partial charge in [0, 0.05) is 13.1 Å². The highest BCUT2D eigenvalue weighted by Crippen LogP contribution is 2.58. The molecule has 14 heteroatoms. The predicted octanol–water partition coefficient (Wildman–Crippen LogP) is 9.13. The quantitative estimate of drug-likeness (QED) is 0.0961. The Morgan fingerprint density at radius 3 is 1.89 bits per heavy atom. The van der Waals surface area contributed by atoms with Crippen LogP contribution in [-0.2, 0) is 19.1 Å². The van der Waals surface area contributed by atoms with E-state index in [0.29, 0.717) is 24.9 Å². The van der Waals surface area contributed by atoms with Gasteiger partial charge in [-0.15, -0.1) is 0 Å². The van der Waals surface area contributed by atoms with Crippen LogP contribution in [-0.4, -0.2) is 93.1 Å². The third kappa shape index (κ3) is 7.89. The molecule has 4 N–H and O–H groups in total. The summed E-state index contributed by atoms with van der Waals surface area (Å²) in [7, 11) is 2.62. The van der Waals surface area contributed by atoms with Crippen molar-refractivity contribution in [2.75, 3.05) is 27.3 Å². The number of rotatable bonds is 12. The van der Waals surface area contributed by atoms with Crippen molar-refractivity contribution in [2.45, 2.75) is 115 Å². The highest BCUT2D eigenvalue weighted by Gasteiger charge is 2.42. The molecule has 2 aromatic heterocycles. The maximum absolute atomic E-state index is 13.9. The van der Waals surface area contributed by atoms with E-state index in [1.54, 1.807) is 0 Å². The molecule has 336 valence electrons. The van der Waals surface area contributed by atoms with Crippen LogP contribution in [0.15, 0.2) is 60.8 Å². The van der Waals surface area contributed by atoms with Gasteiger partial charge in [0.25, 0.3) is 0 Å². The van der Waals surface area contributed by atoms with Gasteiger partial charge in [-0.1, -0.05) is 76.6 Å². The third-order valence-corrected chi connectivity index (χ3v) is 14.5. The average molecular weight is 869 g/mol. The maximum Gasteiger partial charge on any atom is 0.407 e. The molecule has 1 saturated carbocycles. The lowest BCUT2D eigenvalue weighted by molar-refractivity contribution is -0.136. The van der Waals surface area contributed by atoms with E-state index in [1.165, 1.54) is 61.3 Å². The first-order valence-electron chi connectivity index (χ1n) is 23.1. The highest BCUT2D eigenvalue weighted by molar-refractivity contribution is 5.89.